The molecular formula is C22H20F2N4O. The van der Waals surface area contributed by atoms with Crippen LogP contribution in [0, 0.1) is 24.5 Å². The Morgan fingerprint density at radius 2 is 1.93 bits per heavy atom. The molecule has 7 heteroatoms. The quantitative estimate of drug-likeness (QED) is 0.462. The number of rotatable bonds is 5. The van der Waals surface area contributed by atoms with E-state index in [1.165, 1.54) is 12.1 Å². The van der Waals surface area contributed by atoms with E-state index in [-0.39, 0.29) is 18.2 Å². The number of imidazole rings is 2. The Kier molecular flexibility index (Phi) is 4.74. The second-order valence-corrected chi connectivity index (χ2v) is 7.30. The lowest BCUT2D eigenvalue weighted by Crippen LogP contribution is -2.08. The fraction of sp³-hybridized carbons (Fsp3) is 0.227. The summed E-state index contributed by atoms with van der Waals surface area (Å²) in [7, 11) is 0. The molecule has 0 fully saturated rings. The van der Waals surface area contributed by atoms with Gasteiger partial charge < -0.3 is 4.57 Å². The van der Waals surface area contributed by atoms with Crippen molar-refractivity contribution < 1.29 is 13.6 Å². The van der Waals surface area contributed by atoms with E-state index in [9.17, 15) is 13.6 Å². The van der Waals surface area contributed by atoms with Crippen LogP contribution < -0.4 is 0 Å². The van der Waals surface area contributed by atoms with Gasteiger partial charge in [-0.15, -0.1) is 0 Å². The van der Waals surface area contributed by atoms with Crippen LogP contribution in [0.15, 0.2) is 48.8 Å². The molecule has 3 heterocycles. The number of hydrogen-bond acceptors (Lipinski definition) is 3. The molecule has 0 aliphatic carbocycles. The molecule has 4 aromatic rings. The summed E-state index contributed by atoms with van der Waals surface area (Å²) in [6.45, 7) is 5.70. The van der Waals surface area contributed by atoms with Crippen molar-refractivity contribution in [2.75, 3.05) is 0 Å². The van der Waals surface area contributed by atoms with E-state index >= 15 is 0 Å². The first kappa shape index (κ1) is 19.0. The Morgan fingerprint density at radius 1 is 1.14 bits per heavy atom. The van der Waals surface area contributed by atoms with E-state index in [4.69, 9.17) is 0 Å². The van der Waals surface area contributed by atoms with Gasteiger partial charge in [-0.2, -0.15) is 0 Å². The zero-order chi connectivity index (χ0) is 20.7. The Hall–Kier alpha value is -3.35. The zero-order valence-electron chi connectivity index (χ0n) is 16.4. The monoisotopic (exact) mass is 394 g/mol. The van der Waals surface area contributed by atoms with Crippen LogP contribution in [0.3, 0.4) is 0 Å². The molecule has 4 rings (SSSR count). The average molecular weight is 394 g/mol. The summed E-state index contributed by atoms with van der Waals surface area (Å²) in [5, 5.41) is 0. The van der Waals surface area contributed by atoms with Crippen molar-refractivity contribution in [1.29, 1.82) is 0 Å². The summed E-state index contributed by atoms with van der Waals surface area (Å²) in [4.78, 5) is 21.8. The van der Waals surface area contributed by atoms with Crippen LogP contribution >= 0.6 is 0 Å². The average Bonchev–Trinajstić information content (AvgIpc) is 3.24. The van der Waals surface area contributed by atoms with Gasteiger partial charge in [-0.05, 0) is 25.1 Å². The highest BCUT2D eigenvalue weighted by molar-refractivity contribution is 6.02. The number of carbonyl (C=O) groups is 1. The highest BCUT2D eigenvalue weighted by Gasteiger charge is 2.22. The summed E-state index contributed by atoms with van der Waals surface area (Å²) in [6.07, 6.45) is 3.60. The van der Waals surface area contributed by atoms with Crippen LogP contribution in [-0.2, 0) is 6.54 Å². The highest BCUT2D eigenvalue weighted by Crippen LogP contribution is 2.25. The predicted octanol–water partition coefficient (Wildman–Crippen LogP) is 4.67. The summed E-state index contributed by atoms with van der Waals surface area (Å²) < 4.78 is 30.8. The first-order valence-corrected chi connectivity index (χ1v) is 9.34. The van der Waals surface area contributed by atoms with E-state index < -0.39 is 11.6 Å². The van der Waals surface area contributed by atoms with E-state index in [0.29, 0.717) is 28.6 Å². The SMILES string of the molecule is Cc1nc(-c2nc(C(=O)C(C)C)c3ccccn23)cn1Cc1ccc(F)cc1F. The van der Waals surface area contributed by atoms with Crippen molar-refractivity contribution in [3.63, 3.8) is 0 Å². The van der Waals surface area contributed by atoms with Crippen molar-refractivity contribution in [2.45, 2.75) is 27.3 Å². The van der Waals surface area contributed by atoms with Crippen molar-refractivity contribution in [2.24, 2.45) is 5.92 Å². The number of hydrogen-bond donors (Lipinski definition) is 0. The maximum atomic E-state index is 14.0. The minimum atomic E-state index is -0.611. The van der Waals surface area contributed by atoms with Gasteiger partial charge in [-0.25, -0.2) is 18.7 Å². The number of ketones is 1. The summed E-state index contributed by atoms with van der Waals surface area (Å²) in [6, 6.07) is 9.10. The number of halogens is 2. The Balaban J connectivity index is 1.78. The van der Waals surface area contributed by atoms with Crippen molar-refractivity contribution >= 4 is 11.3 Å². The Bertz CT molecular complexity index is 1220. The largest absolute Gasteiger partial charge is 0.330 e. The number of nitrogens with zero attached hydrogens (tertiary/aromatic N) is 4. The van der Waals surface area contributed by atoms with Gasteiger partial charge in [0, 0.05) is 29.9 Å². The molecule has 0 atom stereocenters. The minimum absolute atomic E-state index is 0.0375. The van der Waals surface area contributed by atoms with Crippen molar-refractivity contribution in [3.8, 4) is 11.5 Å². The van der Waals surface area contributed by atoms with Crippen LogP contribution in [0.5, 0.6) is 0 Å². The first-order chi connectivity index (χ1) is 13.8. The Labute approximate surface area is 166 Å². The van der Waals surface area contributed by atoms with Gasteiger partial charge in [0.1, 0.15) is 28.8 Å². The van der Waals surface area contributed by atoms with E-state index in [1.807, 2.05) is 42.6 Å². The normalized spacial score (nSPS) is 11.5. The number of aryl methyl sites for hydroxylation is 1. The molecule has 148 valence electrons. The maximum absolute atomic E-state index is 14.0. The third-order valence-corrected chi connectivity index (χ3v) is 4.87. The summed E-state index contributed by atoms with van der Waals surface area (Å²) in [5.41, 5.74) is 2.07. The molecule has 0 aliphatic rings. The van der Waals surface area contributed by atoms with Crippen LogP contribution in [0.1, 0.15) is 35.7 Å². The molecule has 0 saturated carbocycles. The molecule has 0 radical (unpaired) electrons. The molecule has 29 heavy (non-hydrogen) atoms. The van der Waals surface area contributed by atoms with Crippen molar-refractivity contribution in [1.82, 2.24) is 18.9 Å². The van der Waals surface area contributed by atoms with Gasteiger partial charge in [0.15, 0.2) is 11.6 Å². The molecule has 0 amide bonds. The fourth-order valence-corrected chi connectivity index (χ4v) is 3.28. The third kappa shape index (κ3) is 3.44. The third-order valence-electron chi connectivity index (χ3n) is 4.87. The molecule has 0 bridgehead atoms. The van der Waals surface area contributed by atoms with E-state index in [0.717, 1.165) is 11.6 Å². The highest BCUT2D eigenvalue weighted by atomic mass is 19.1. The van der Waals surface area contributed by atoms with Crippen molar-refractivity contribution in [3.05, 3.63) is 77.5 Å². The second kappa shape index (κ2) is 7.24. The fourth-order valence-electron chi connectivity index (χ4n) is 3.28. The van der Waals surface area contributed by atoms with Gasteiger partial charge >= 0.3 is 0 Å². The smallest absolute Gasteiger partial charge is 0.185 e. The molecule has 3 aromatic heterocycles. The number of pyridine rings is 1. The van der Waals surface area contributed by atoms with Gasteiger partial charge in [-0.3, -0.25) is 9.20 Å². The van der Waals surface area contributed by atoms with Crippen LogP contribution in [0.4, 0.5) is 8.78 Å². The molecule has 5 nitrogen and oxygen atoms in total. The molecule has 0 spiro atoms. The molecule has 1 aromatic carbocycles. The molecule has 0 unspecified atom stereocenters. The van der Waals surface area contributed by atoms with Crippen LogP contribution in [0.25, 0.3) is 17.0 Å². The topological polar surface area (TPSA) is 52.2 Å². The number of carbonyl (C=O) groups excluding carboxylic acids is 1. The number of Topliss-reactive ketones (excluding diaryl/α,β-unsaturated/α-hetero) is 1. The Morgan fingerprint density at radius 3 is 2.66 bits per heavy atom. The lowest BCUT2D eigenvalue weighted by atomic mass is 10.1. The second-order valence-electron chi connectivity index (χ2n) is 7.30. The number of benzene rings is 1. The lowest BCUT2D eigenvalue weighted by Gasteiger charge is -2.06. The lowest BCUT2D eigenvalue weighted by molar-refractivity contribution is 0.0936. The van der Waals surface area contributed by atoms with E-state index in [1.54, 1.807) is 17.7 Å². The zero-order valence-corrected chi connectivity index (χ0v) is 16.4. The maximum Gasteiger partial charge on any atom is 0.185 e. The van der Waals surface area contributed by atoms with Crippen LogP contribution in [-0.4, -0.2) is 24.7 Å². The van der Waals surface area contributed by atoms with Gasteiger partial charge in [0.25, 0.3) is 0 Å². The predicted molar refractivity (Wildman–Crippen MR) is 106 cm³/mol. The molecular weight excluding hydrogens is 374 g/mol. The van der Waals surface area contributed by atoms with Crippen LogP contribution in [0.2, 0.25) is 0 Å². The number of fused-ring (bicyclic) bond motifs is 1. The van der Waals surface area contributed by atoms with Gasteiger partial charge in [0.05, 0.1) is 12.1 Å². The minimum Gasteiger partial charge on any atom is -0.330 e. The number of aromatic nitrogens is 4. The first-order valence-electron chi connectivity index (χ1n) is 9.34. The van der Waals surface area contributed by atoms with Gasteiger partial charge in [0.2, 0.25) is 0 Å². The molecule has 0 saturated heterocycles. The van der Waals surface area contributed by atoms with Gasteiger partial charge in [-0.1, -0.05) is 26.0 Å². The summed E-state index contributed by atoms with van der Waals surface area (Å²) in [5.74, 6) is -0.220. The standard InChI is InChI=1S/C22H20F2N4O/c1-13(2)21(29)20-19-6-4-5-9-28(19)22(26-20)18-12-27(14(3)25-18)11-15-7-8-16(23)10-17(15)24/h4-10,12-13H,11H2,1-3H3. The molecule has 0 aliphatic heterocycles. The summed E-state index contributed by atoms with van der Waals surface area (Å²) >= 11 is 0. The van der Waals surface area contributed by atoms with E-state index in [2.05, 4.69) is 9.97 Å². The molecule has 0 N–H and O–H groups in total.